The molecule has 1 rings (SSSR count). The first-order valence-corrected chi connectivity index (χ1v) is 4.28. The molecule has 0 unspecified atom stereocenters. The van der Waals surface area contributed by atoms with Crippen LogP contribution in [0.15, 0.2) is 16.6 Å². The van der Waals surface area contributed by atoms with Gasteiger partial charge in [-0.15, -0.1) is 0 Å². The van der Waals surface area contributed by atoms with E-state index >= 15 is 0 Å². The average Bonchev–Trinajstić information content (AvgIpc) is 2.00. The molecule has 0 aliphatic heterocycles. The van der Waals surface area contributed by atoms with Crippen molar-refractivity contribution in [1.29, 1.82) is 0 Å². The zero-order valence-corrected chi connectivity index (χ0v) is 7.87. The van der Waals surface area contributed by atoms with E-state index in [1.54, 1.807) is 0 Å². The number of hydrogen-bond acceptors (Lipinski definition) is 1. The first-order valence-electron chi connectivity index (χ1n) is 3.48. The molecule has 1 aromatic carbocycles. The van der Waals surface area contributed by atoms with E-state index in [1.165, 1.54) is 6.07 Å². The van der Waals surface area contributed by atoms with Crippen LogP contribution in [0.3, 0.4) is 0 Å². The van der Waals surface area contributed by atoms with Crippen molar-refractivity contribution in [3.8, 4) is 0 Å². The Kier molecular flexibility index (Phi) is 3.17. The van der Waals surface area contributed by atoms with Gasteiger partial charge in [0.2, 0.25) is 0 Å². The summed E-state index contributed by atoms with van der Waals surface area (Å²) in [6.45, 7) is 0.312. The molecule has 0 aliphatic carbocycles. The fraction of sp³-hybridized carbons (Fsp3) is 0.250. The van der Waals surface area contributed by atoms with Crippen molar-refractivity contribution in [2.45, 2.75) is 6.42 Å². The minimum Gasteiger partial charge on any atom is -0.330 e. The standard InChI is InChI=1S/C8H8BrF2N/c9-6-3-5(1-2-12)8(11)7(10)4-6/h3-4H,1-2,12H2. The van der Waals surface area contributed by atoms with Crippen molar-refractivity contribution in [3.05, 3.63) is 33.8 Å². The molecule has 4 heteroatoms. The van der Waals surface area contributed by atoms with E-state index in [-0.39, 0.29) is 0 Å². The Balaban J connectivity index is 3.09. The quantitative estimate of drug-likeness (QED) is 0.783. The minimum atomic E-state index is -0.840. The lowest BCUT2D eigenvalue weighted by atomic mass is 10.1. The second kappa shape index (κ2) is 3.96. The highest BCUT2D eigenvalue weighted by atomic mass is 79.9. The molecule has 12 heavy (non-hydrogen) atoms. The van der Waals surface area contributed by atoms with E-state index in [4.69, 9.17) is 5.73 Å². The highest BCUT2D eigenvalue weighted by molar-refractivity contribution is 9.10. The van der Waals surface area contributed by atoms with Gasteiger partial charge in [-0.1, -0.05) is 15.9 Å². The third-order valence-corrected chi connectivity index (χ3v) is 1.94. The van der Waals surface area contributed by atoms with Crippen LogP contribution in [0.2, 0.25) is 0 Å². The zero-order valence-electron chi connectivity index (χ0n) is 6.28. The molecule has 2 N–H and O–H groups in total. The molecule has 0 heterocycles. The van der Waals surface area contributed by atoms with Gasteiger partial charge in [0.05, 0.1) is 0 Å². The molecule has 0 aliphatic rings. The average molecular weight is 236 g/mol. The second-order valence-electron chi connectivity index (χ2n) is 2.40. The van der Waals surface area contributed by atoms with Crippen molar-refractivity contribution in [3.63, 3.8) is 0 Å². The van der Waals surface area contributed by atoms with E-state index in [2.05, 4.69) is 15.9 Å². The highest BCUT2D eigenvalue weighted by Crippen LogP contribution is 2.19. The molecule has 1 aromatic rings. The summed E-state index contributed by atoms with van der Waals surface area (Å²) in [5.41, 5.74) is 5.53. The van der Waals surface area contributed by atoms with Crippen LogP contribution in [0.4, 0.5) is 8.78 Å². The maximum Gasteiger partial charge on any atom is 0.162 e. The van der Waals surface area contributed by atoms with Crippen LogP contribution >= 0.6 is 15.9 Å². The summed E-state index contributed by atoms with van der Waals surface area (Å²) in [6.07, 6.45) is 0.349. The van der Waals surface area contributed by atoms with E-state index in [1.807, 2.05) is 0 Å². The van der Waals surface area contributed by atoms with Gasteiger partial charge in [0.25, 0.3) is 0 Å². The highest BCUT2D eigenvalue weighted by Gasteiger charge is 2.08. The third kappa shape index (κ3) is 2.01. The number of nitrogens with two attached hydrogens (primary N) is 1. The Hall–Kier alpha value is -0.480. The number of hydrogen-bond donors (Lipinski definition) is 1. The van der Waals surface area contributed by atoms with Crippen molar-refractivity contribution in [1.82, 2.24) is 0 Å². The molecule has 1 nitrogen and oxygen atoms in total. The van der Waals surface area contributed by atoms with Crippen LogP contribution in [0, 0.1) is 11.6 Å². The summed E-state index contributed by atoms with van der Waals surface area (Å²) in [7, 11) is 0. The van der Waals surface area contributed by atoms with Crippen LogP contribution in [-0.4, -0.2) is 6.54 Å². The first kappa shape index (κ1) is 9.61. The summed E-state index contributed by atoms with van der Waals surface area (Å²) in [4.78, 5) is 0. The lowest BCUT2D eigenvalue weighted by molar-refractivity contribution is 0.498. The summed E-state index contributed by atoms with van der Waals surface area (Å²) >= 11 is 3.07. The van der Waals surface area contributed by atoms with Gasteiger partial charge < -0.3 is 5.73 Å². The van der Waals surface area contributed by atoms with Crippen LogP contribution in [0.5, 0.6) is 0 Å². The van der Waals surface area contributed by atoms with Gasteiger partial charge in [-0.3, -0.25) is 0 Å². The Morgan fingerprint density at radius 2 is 2.00 bits per heavy atom. The lowest BCUT2D eigenvalue weighted by Crippen LogP contribution is -2.05. The number of benzene rings is 1. The van der Waals surface area contributed by atoms with Gasteiger partial charge in [0, 0.05) is 4.47 Å². The molecule has 0 bridgehead atoms. The van der Waals surface area contributed by atoms with Crippen molar-refractivity contribution >= 4 is 15.9 Å². The topological polar surface area (TPSA) is 26.0 Å². The Labute approximate surface area is 77.7 Å². The van der Waals surface area contributed by atoms with Crippen molar-refractivity contribution in [2.24, 2.45) is 5.73 Å². The zero-order chi connectivity index (χ0) is 9.14. The Morgan fingerprint density at radius 1 is 1.33 bits per heavy atom. The Morgan fingerprint density at radius 3 is 2.58 bits per heavy atom. The van der Waals surface area contributed by atoms with Crippen LogP contribution < -0.4 is 5.73 Å². The van der Waals surface area contributed by atoms with Crippen LogP contribution in [0.1, 0.15) is 5.56 Å². The van der Waals surface area contributed by atoms with E-state index in [9.17, 15) is 8.78 Å². The largest absolute Gasteiger partial charge is 0.330 e. The molecule has 0 aromatic heterocycles. The van der Waals surface area contributed by atoms with Gasteiger partial charge in [0.1, 0.15) is 0 Å². The minimum absolute atomic E-state index is 0.310. The fourth-order valence-corrected chi connectivity index (χ4v) is 1.42. The Bertz CT molecular complexity index is 289. The van der Waals surface area contributed by atoms with Gasteiger partial charge in [-0.05, 0) is 30.7 Å². The van der Waals surface area contributed by atoms with E-state index < -0.39 is 11.6 Å². The SMILES string of the molecule is NCCc1cc(Br)cc(F)c1F. The smallest absolute Gasteiger partial charge is 0.162 e. The summed E-state index contributed by atoms with van der Waals surface area (Å²) in [5.74, 6) is -1.64. The van der Waals surface area contributed by atoms with Crippen molar-refractivity contribution in [2.75, 3.05) is 6.54 Å². The van der Waals surface area contributed by atoms with Gasteiger partial charge in [0.15, 0.2) is 11.6 Å². The molecule has 0 saturated heterocycles. The molecule has 0 spiro atoms. The van der Waals surface area contributed by atoms with Crippen molar-refractivity contribution < 1.29 is 8.78 Å². The summed E-state index contributed by atoms with van der Waals surface area (Å²) in [5, 5.41) is 0. The van der Waals surface area contributed by atoms with Gasteiger partial charge in [-0.25, -0.2) is 8.78 Å². The third-order valence-electron chi connectivity index (χ3n) is 1.48. The molecule has 0 atom stereocenters. The summed E-state index contributed by atoms with van der Waals surface area (Å²) in [6, 6.07) is 2.63. The predicted octanol–water partition coefficient (Wildman–Crippen LogP) is 2.23. The number of rotatable bonds is 2. The molecule has 0 radical (unpaired) electrons. The molecule has 0 saturated carbocycles. The lowest BCUT2D eigenvalue weighted by Gasteiger charge is -2.02. The van der Waals surface area contributed by atoms with Crippen LogP contribution in [0.25, 0.3) is 0 Å². The second-order valence-corrected chi connectivity index (χ2v) is 3.32. The van der Waals surface area contributed by atoms with E-state index in [0.717, 1.165) is 6.07 Å². The fourth-order valence-electron chi connectivity index (χ4n) is 0.947. The van der Waals surface area contributed by atoms with Gasteiger partial charge in [-0.2, -0.15) is 0 Å². The number of halogens is 3. The molecule has 0 fully saturated rings. The normalized spacial score (nSPS) is 10.3. The van der Waals surface area contributed by atoms with E-state index in [0.29, 0.717) is 23.0 Å². The first-order chi connectivity index (χ1) is 5.65. The maximum absolute atomic E-state index is 12.9. The monoisotopic (exact) mass is 235 g/mol. The predicted molar refractivity (Wildman–Crippen MR) is 46.8 cm³/mol. The molecule has 66 valence electrons. The maximum atomic E-state index is 12.9. The molecular formula is C8H8BrF2N. The molecule has 0 amide bonds. The summed E-state index contributed by atoms with van der Waals surface area (Å²) < 4.78 is 26.2. The van der Waals surface area contributed by atoms with Crippen LogP contribution in [-0.2, 0) is 6.42 Å². The molecular weight excluding hydrogens is 228 g/mol. The van der Waals surface area contributed by atoms with Gasteiger partial charge >= 0.3 is 0 Å².